The van der Waals surface area contributed by atoms with Gasteiger partial charge < -0.3 is 20.2 Å². The Morgan fingerprint density at radius 1 is 0.567 bits per heavy atom. The van der Waals surface area contributed by atoms with Gasteiger partial charge in [0.15, 0.2) is 5.78 Å². The molecule has 0 saturated carbocycles. The number of aromatic amines is 2. The van der Waals surface area contributed by atoms with Crippen LogP contribution in [0.1, 0.15) is 45.5 Å². The molecule has 2 fully saturated rings. The summed E-state index contributed by atoms with van der Waals surface area (Å²) in [7, 11) is 0. The summed E-state index contributed by atoms with van der Waals surface area (Å²) < 4.78 is 0. The maximum Gasteiger partial charge on any atom is 0.175 e. The average molecular weight is 848 g/mol. The van der Waals surface area contributed by atoms with E-state index in [0.29, 0.717) is 23.1 Å². The summed E-state index contributed by atoms with van der Waals surface area (Å²) in [5.74, 6) is 0.0366. The van der Waals surface area contributed by atoms with E-state index in [9.17, 15) is 10.2 Å². The number of Topliss-reactive ketones (excluding diaryl/α,β-unsaturated/α-hetero) is 1. The SMILES string of the molecule is O=C(C1NCc2c(Cl)ccc(-c3cc4cc(CN5CCN(CCO)CC5)ccc4[nH]3)c21)C1NCc2c(Cl)ccc(-c3cc4cc(CN5CCN(CCO)CC5)ccc4[nH]3)c21. The molecule has 312 valence electrons. The summed E-state index contributed by atoms with van der Waals surface area (Å²) in [6, 6.07) is 24.5. The van der Waals surface area contributed by atoms with Crippen LogP contribution in [0.15, 0.2) is 72.8 Å². The van der Waals surface area contributed by atoms with Crippen molar-refractivity contribution in [1.82, 2.24) is 40.2 Å². The number of benzene rings is 4. The number of hydrogen-bond acceptors (Lipinski definition) is 9. The van der Waals surface area contributed by atoms with E-state index in [1.165, 1.54) is 11.1 Å². The van der Waals surface area contributed by atoms with Gasteiger partial charge in [0, 0.05) is 146 Å². The van der Waals surface area contributed by atoms with E-state index >= 15 is 4.79 Å². The number of β-amino-alcohol motifs (C(OH)–C–C–N with tert-alkyl or cyclic N) is 2. The molecule has 0 amide bonds. The number of piperazine rings is 2. The summed E-state index contributed by atoms with van der Waals surface area (Å²) >= 11 is 13.7. The Balaban J connectivity index is 0.912. The topological polar surface area (TPSA) is 126 Å². The van der Waals surface area contributed by atoms with E-state index in [0.717, 1.165) is 145 Å². The highest BCUT2D eigenvalue weighted by Crippen LogP contribution is 2.45. The predicted octanol–water partition coefficient (Wildman–Crippen LogP) is 6.07. The van der Waals surface area contributed by atoms with Gasteiger partial charge in [-0.3, -0.25) is 35.0 Å². The summed E-state index contributed by atoms with van der Waals surface area (Å²) in [5, 5.41) is 29.3. The van der Waals surface area contributed by atoms with Crippen molar-refractivity contribution in [3.05, 3.63) is 116 Å². The van der Waals surface area contributed by atoms with Crippen LogP contribution in [0.2, 0.25) is 10.0 Å². The number of fused-ring (bicyclic) bond motifs is 4. The van der Waals surface area contributed by atoms with Crippen LogP contribution in [0, 0.1) is 0 Å². The fourth-order valence-electron chi connectivity index (χ4n) is 10.0. The fraction of sp³-hybridized carbons (Fsp3) is 0.383. The fourth-order valence-corrected chi connectivity index (χ4v) is 10.5. The Morgan fingerprint density at radius 3 is 1.40 bits per heavy atom. The molecule has 11 nitrogen and oxygen atoms in total. The van der Waals surface area contributed by atoms with Gasteiger partial charge in [0.25, 0.3) is 0 Å². The highest BCUT2D eigenvalue weighted by molar-refractivity contribution is 6.32. The summed E-state index contributed by atoms with van der Waals surface area (Å²) in [6.07, 6.45) is 0. The number of H-pyrrole nitrogens is 2. The molecule has 2 atom stereocenters. The third-order valence-electron chi connectivity index (χ3n) is 13.2. The molecule has 60 heavy (non-hydrogen) atoms. The zero-order valence-corrected chi connectivity index (χ0v) is 35.3. The summed E-state index contributed by atoms with van der Waals surface area (Å²) in [4.78, 5) is 31.9. The minimum Gasteiger partial charge on any atom is -0.395 e. The lowest BCUT2D eigenvalue weighted by molar-refractivity contribution is -0.123. The molecule has 13 heteroatoms. The number of nitrogens with zero attached hydrogens (tertiary/aromatic N) is 4. The Bertz CT molecular complexity index is 2380. The van der Waals surface area contributed by atoms with Crippen molar-refractivity contribution in [2.24, 2.45) is 0 Å². The number of ketones is 1. The third-order valence-corrected chi connectivity index (χ3v) is 13.9. The average Bonchev–Trinajstić information content (AvgIpc) is 4.08. The van der Waals surface area contributed by atoms with Gasteiger partial charge in [-0.1, -0.05) is 47.5 Å². The molecule has 6 aromatic rings. The normalized spacial score (nSPS) is 20.4. The largest absolute Gasteiger partial charge is 0.395 e. The van der Waals surface area contributed by atoms with Gasteiger partial charge in [0.05, 0.1) is 25.3 Å². The van der Waals surface area contributed by atoms with E-state index in [2.05, 4.69) is 88.7 Å². The van der Waals surface area contributed by atoms with Crippen molar-refractivity contribution < 1.29 is 15.0 Å². The molecule has 0 aliphatic carbocycles. The van der Waals surface area contributed by atoms with Crippen molar-refractivity contribution in [1.29, 1.82) is 0 Å². The van der Waals surface area contributed by atoms with Crippen LogP contribution in [0.25, 0.3) is 44.3 Å². The Morgan fingerprint density at radius 2 is 0.983 bits per heavy atom. The number of rotatable bonds is 12. The van der Waals surface area contributed by atoms with Crippen LogP contribution in [-0.4, -0.2) is 124 Å². The number of aliphatic hydroxyl groups excluding tert-OH is 2. The molecule has 4 aliphatic rings. The molecule has 6 heterocycles. The van der Waals surface area contributed by atoms with Gasteiger partial charge in [0.2, 0.25) is 0 Å². The summed E-state index contributed by atoms with van der Waals surface area (Å²) in [6.45, 7) is 12.5. The van der Waals surface area contributed by atoms with Crippen molar-refractivity contribution in [3.8, 4) is 22.5 Å². The first kappa shape index (κ1) is 40.0. The Hall–Kier alpha value is -4.11. The minimum atomic E-state index is -0.578. The lowest BCUT2D eigenvalue weighted by atomic mass is 9.87. The highest BCUT2D eigenvalue weighted by Gasteiger charge is 2.41. The molecule has 0 bridgehead atoms. The number of aliphatic hydroxyl groups is 2. The minimum absolute atomic E-state index is 0.0366. The van der Waals surface area contributed by atoms with Crippen LogP contribution >= 0.6 is 23.2 Å². The Kier molecular flexibility index (Phi) is 11.3. The van der Waals surface area contributed by atoms with Crippen molar-refractivity contribution in [3.63, 3.8) is 0 Å². The number of carbonyl (C=O) groups excluding carboxylic acids is 1. The van der Waals surface area contributed by atoms with E-state index in [4.69, 9.17) is 23.2 Å². The molecule has 0 radical (unpaired) electrons. The molecule has 2 aromatic heterocycles. The quantitative estimate of drug-likeness (QED) is 0.0872. The van der Waals surface area contributed by atoms with E-state index in [1.807, 2.05) is 24.3 Å². The number of aromatic nitrogens is 2. The molecule has 6 N–H and O–H groups in total. The first-order valence-corrected chi connectivity index (χ1v) is 22.1. The van der Waals surface area contributed by atoms with Crippen LogP contribution in [0.3, 0.4) is 0 Å². The second-order valence-corrected chi connectivity index (χ2v) is 17.7. The number of nitrogens with one attached hydrogen (secondary N) is 4. The number of hydrogen-bond donors (Lipinski definition) is 6. The molecule has 2 saturated heterocycles. The molecule has 4 aromatic carbocycles. The third kappa shape index (κ3) is 7.70. The van der Waals surface area contributed by atoms with Gasteiger partial charge in [0.1, 0.15) is 0 Å². The zero-order valence-electron chi connectivity index (χ0n) is 33.7. The van der Waals surface area contributed by atoms with Crippen LogP contribution in [0.4, 0.5) is 0 Å². The van der Waals surface area contributed by atoms with Crippen LogP contribution < -0.4 is 10.6 Å². The van der Waals surface area contributed by atoms with Gasteiger partial charge in [-0.2, -0.15) is 0 Å². The first-order valence-electron chi connectivity index (χ1n) is 21.3. The first-order chi connectivity index (χ1) is 29.3. The van der Waals surface area contributed by atoms with Gasteiger partial charge in [-0.25, -0.2) is 0 Å². The van der Waals surface area contributed by atoms with Crippen molar-refractivity contribution in [2.75, 3.05) is 78.7 Å². The lowest BCUT2D eigenvalue weighted by Crippen LogP contribution is -2.46. The van der Waals surface area contributed by atoms with Crippen LogP contribution in [-0.2, 0) is 31.0 Å². The zero-order chi connectivity index (χ0) is 40.9. The predicted molar refractivity (Wildman–Crippen MR) is 239 cm³/mol. The molecule has 2 unspecified atom stereocenters. The van der Waals surface area contributed by atoms with E-state index in [1.54, 1.807) is 0 Å². The van der Waals surface area contributed by atoms with Gasteiger partial charge in [-0.15, -0.1) is 0 Å². The number of halogens is 2. The Labute approximate surface area is 360 Å². The van der Waals surface area contributed by atoms with Gasteiger partial charge >= 0.3 is 0 Å². The molecule has 10 rings (SSSR count). The van der Waals surface area contributed by atoms with Crippen molar-refractivity contribution in [2.45, 2.75) is 38.3 Å². The number of carbonyl (C=O) groups is 1. The second kappa shape index (κ2) is 17.0. The van der Waals surface area contributed by atoms with E-state index < -0.39 is 12.1 Å². The highest BCUT2D eigenvalue weighted by atomic mass is 35.5. The van der Waals surface area contributed by atoms with Gasteiger partial charge in [-0.05, 0) is 81.9 Å². The molecule has 4 aliphatic heterocycles. The maximum atomic E-state index is 15.0. The monoisotopic (exact) mass is 846 g/mol. The molecular formula is C47H52Cl2N8O3. The molecular weight excluding hydrogens is 795 g/mol. The lowest BCUT2D eigenvalue weighted by Gasteiger charge is -2.34. The van der Waals surface area contributed by atoms with Crippen molar-refractivity contribution >= 4 is 50.8 Å². The van der Waals surface area contributed by atoms with E-state index in [-0.39, 0.29) is 19.0 Å². The second-order valence-electron chi connectivity index (χ2n) is 16.9. The standard InChI is InChI=1S/C47H52Cl2N8O3/c48-37-5-3-33(41-23-31-21-29(1-7-39(31)52-41)27-56-13-9-54(10-14-56)17-19-58)43-35(37)25-50-45(43)47(60)46-44-34(4-6-38(49)36(44)26-51-46)42-24-32-22-30(2-8-40(32)53-42)28-57-15-11-55(12-16-57)18-20-59/h1-8,21-24,45-46,50-53,58-59H,9-20,25-28H2. The molecule has 0 spiro atoms. The maximum absolute atomic E-state index is 15.0. The summed E-state index contributed by atoms with van der Waals surface area (Å²) in [5.41, 5.74) is 12.2. The van der Waals surface area contributed by atoms with Crippen LogP contribution in [0.5, 0.6) is 0 Å². The smallest absolute Gasteiger partial charge is 0.175 e.